The summed E-state index contributed by atoms with van der Waals surface area (Å²) in [5.74, 6) is 0.00473. The van der Waals surface area contributed by atoms with Crippen molar-refractivity contribution in [1.82, 2.24) is 14.4 Å². The summed E-state index contributed by atoms with van der Waals surface area (Å²) in [5.41, 5.74) is 2.00. The molecule has 1 N–H and O–H groups in total. The Kier molecular flexibility index (Phi) is 6.69. The number of nitrogens with one attached hydrogen (secondary N) is 1. The topological polar surface area (TPSA) is 66.8 Å². The van der Waals surface area contributed by atoms with E-state index in [4.69, 9.17) is 4.74 Å². The Hall–Kier alpha value is -2.38. The first-order valence-electron chi connectivity index (χ1n) is 11.1. The van der Waals surface area contributed by atoms with E-state index in [-0.39, 0.29) is 17.7 Å². The number of piperidine rings is 1. The molecule has 7 nitrogen and oxygen atoms in total. The number of amides is 2. The van der Waals surface area contributed by atoms with Gasteiger partial charge in [0.25, 0.3) is 0 Å². The van der Waals surface area contributed by atoms with E-state index in [0.717, 1.165) is 69.9 Å². The number of carbonyl (C=O) groups excluding carboxylic acids is 2. The molecule has 2 aliphatic heterocycles. The van der Waals surface area contributed by atoms with E-state index in [1.807, 2.05) is 24.0 Å². The lowest BCUT2D eigenvalue weighted by Gasteiger charge is -2.31. The van der Waals surface area contributed by atoms with Crippen molar-refractivity contribution in [3.8, 4) is 0 Å². The summed E-state index contributed by atoms with van der Waals surface area (Å²) in [4.78, 5) is 29.0. The number of rotatable bonds is 6. The third kappa shape index (κ3) is 4.84. The van der Waals surface area contributed by atoms with Crippen molar-refractivity contribution in [2.24, 2.45) is 5.92 Å². The number of benzene rings is 1. The van der Waals surface area contributed by atoms with Crippen LogP contribution in [0.3, 0.4) is 0 Å². The van der Waals surface area contributed by atoms with Gasteiger partial charge in [-0.15, -0.1) is 0 Å². The van der Waals surface area contributed by atoms with Gasteiger partial charge in [0.15, 0.2) is 0 Å². The fraction of sp³-hybridized carbons (Fsp3) is 0.565. The minimum absolute atomic E-state index is 0.00898. The number of aromatic nitrogens is 1. The van der Waals surface area contributed by atoms with Crippen molar-refractivity contribution in [1.29, 1.82) is 0 Å². The molecule has 30 heavy (non-hydrogen) atoms. The average molecular weight is 413 g/mol. The molecule has 2 fully saturated rings. The first-order valence-corrected chi connectivity index (χ1v) is 11.1. The highest BCUT2D eigenvalue weighted by Gasteiger charge is 2.27. The van der Waals surface area contributed by atoms with Crippen LogP contribution in [0.5, 0.6) is 0 Å². The van der Waals surface area contributed by atoms with Gasteiger partial charge in [-0.05, 0) is 37.1 Å². The van der Waals surface area contributed by atoms with E-state index in [1.54, 1.807) is 0 Å². The molecule has 2 saturated heterocycles. The number of nitrogens with zero attached hydrogens (tertiary/aromatic N) is 3. The smallest absolute Gasteiger partial charge is 0.229 e. The first kappa shape index (κ1) is 20.9. The van der Waals surface area contributed by atoms with Gasteiger partial charge in [-0.1, -0.05) is 6.92 Å². The number of ether oxygens (including phenoxy) is 1. The third-order valence-corrected chi connectivity index (χ3v) is 6.25. The monoisotopic (exact) mass is 412 g/mol. The Labute approximate surface area is 178 Å². The molecule has 3 heterocycles. The Morgan fingerprint density at radius 3 is 2.77 bits per heavy atom. The maximum absolute atomic E-state index is 12.8. The van der Waals surface area contributed by atoms with Crippen molar-refractivity contribution in [3.63, 3.8) is 0 Å². The predicted molar refractivity (Wildman–Crippen MR) is 117 cm³/mol. The number of hydrogen-bond acceptors (Lipinski definition) is 4. The van der Waals surface area contributed by atoms with Gasteiger partial charge < -0.3 is 19.5 Å². The molecule has 1 atom stereocenters. The summed E-state index contributed by atoms with van der Waals surface area (Å²) < 4.78 is 7.69. The SMILES string of the molecule is CCC(=O)N1CCCC(C(=O)Nc2ccc3c(ccn3CCN3CCOCC3)c2)C1. The van der Waals surface area contributed by atoms with Gasteiger partial charge in [0.05, 0.1) is 19.1 Å². The van der Waals surface area contributed by atoms with Gasteiger partial charge in [0, 0.05) is 68.5 Å². The van der Waals surface area contributed by atoms with Crippen LogP contribution in [0.15, 0.2) is 30.5 Å². The second kappa shape index (κ2) is 9.62. The largest absolute Gasteiger partial charge is 0.379 e. The van der Waals surface area contributed by atoms with Crippen molar-refractivity contribution < 1.29 is 14.3 Å². The number of anilines is 1. The van der Waals surface area contributed by atoms with E-state index in [0.29, 0.717) is 13.0 Å². The maximum Gasteiger partial charge on any atom is 0.229 e. The van der Waals surface area contributed by atoms with Gasteiger partial charge in [-0.2, -0.15) is 0 Å². The quantitative estimate of drug-likeness (QED) is 0.792. The van der Waals surface area contributed by atoms with E-state index < -0.39 is 0 Å². The van der Waals surface area contributed by atoms with E-state index >= 15 is 0 Å². The molecule has 0 radical (unpaired) electrons. The van der Waals surface area contributed by atoms with Gasteiger partial charge >= 0.3 is 0 Å². The molecule has 7 heteroatoms. The number of fused-ring (bicyclic) bond motifs is 1. The van der Waals surface area contributed by atoms with Gasteiger partial charge in [-0.25, -0.2) is 0 Å². The minimum atomic E-state index is -0.136. The van der Waals surface area contributed by atoms with Crippen LogP contribution in [-0.4, -0.2) is 72.1 Å². The third-order valence-electron chi connectivity index (χ3n) is 6.25. The standard InChI is InChI=1S/C23H32N4O3/c1-2-22(28)27-8-3-4-19(17-27)23(29)24-20-5-6-21-18(16-20)7-9-26(21)11-10-25-12-14-30-15-13-25/h5-7,9,16,19H,2-4,8,10-15,17H2,1H3,(H,24,29). The van der Waals surface area contributed by atoms with E-state index in [2.05, 4.69) is 33.1 Å². The molecular formula is C23H32N4O3. The van der Waals surface area contributed by atoms with Crippen LogP contribution in [0.25, 0.3) is 10.9 Å². The van der Waals surface area contributed by atoms with Crippen LogP contribution < -0.4 is 5.32 Å². The van der Waals surface area contributed by atoms with E-state index in [1.165, 1.54) is 5.52 Å². The maximum atomic E-state index is 12.8. The number of hydrogen-bond donors (Lipinski definition) is 1. The van der Waals surface area contributed by atoms with Crippen molar-refractivity contribution in [3.05, 3.63) is 30.5 Å². The molecule has 4 rings (SSSR count). The van der Waals surface area contributed by atoms with E-state index in [9.17, 15) is 9.59 Å². The summed E-state index contributed by atoms with van der Waals surface area (Å²) >= 11 is 0. The molecule has 0 saturated carbocycles. The summed E-state index contributed by atoms with van der Waals surface area (Å²) in [6.45, 7) is 8.75. The number of likely N-dealkylation sites (tertiary alicyclic amines) is 1. The van der Waals surface area contributed by atoms with Crippen LogP contribution in [0, 0.1) is 5.92 Å². The van der Waals surface area contributed by atoms with Gasteiger partial charge in [0.2, 0.25) is 11.8 Å². The van der Waals surface area contributed by atoms with Gasteiger partial charge in [0.1, 0.15) is 0 Å². The zero-order valence-corrected chi connectivity index (χ0v) is 17.8. The Balaban J connectivity index is 1.36. The molecular weight excluding hydrogens is 380 g/mol. The van der Waals surface area contributed by atoms with Crippen LogP contribution in [0.4, 0.5) is 5.69 Å². The normalized spacial score (nSPS) is 20.4. The summed E-state index contributed by atoms with van der Waals surface area (Å²) in [5, 5.41) is 4.19. The number of carbonyl (C=O) groups is 2. The fourth-order valence-corrected chi connectivity index (χ4v) is 4.43. The Morgan fingerprint density at radius 1 is 1.13 bits per heavy atom. The molecule has 1 aromatic heterocycles. The zero-order valence-electron chi connectivity index (χ0n) is 17.8. The predicted octanol–water partition coefficient (Wildman–Crippen LogP) is 2.56. The van der Waals surface area contributed by atoms with Crippen LogP contribution in [0.2, 0.25) is 0 Å². The molecule has 2 aromatic rings. The molecule has 2 amide bonds. The van der Waals surface area contributed by atoms with Crippen LogP contribution >= 0.6 is 0 Å². The molecule has 0 spiro atoms. The highest BCUT2D eigenvalue weighted by Crippen LogP contribution is 2.23. The lowest BCUT2D eigenvalue weighted by atomic mass is 9.96. The molecule has 0 aliphatic carbocycles. The first-order chi connectivity index (χ1) is 14.6. The molecule has 0 bridgehead atoms. The molecule has 1 aromatic carbocycles. The van der Waals surface area contributed by atoms with Crippen LogP contribution in [-0.2, 0) is 20.9 Å². The summed E-state index contributed by atoms with van der Waals surface area (Å²) in [6.07, 6.45) is 4.33. The Bertz CT molecular complexity index is 888. The molecule has 162 valence electrons. The second-order valence-electron chi connectivity index (χ2n) is 8.26. The molecule has 1 unspecified atom stereocenters. The lowest BCUT2D eigenvalue weighted by molar-refractivity contribution is -0.134. The number of morpholine rings is 1. The zero-order chi connectivity index (χ0) is 20.9. The second-order valence-corrected chi connectivity index (χ2v) is 8.26. The average Bonchev–Trinajstić information content (AvgIpc) is 3.20. The Morgan fingerprint density at radius 2 is 1.97 bits per heavy atom. The molecule has 2 aliphatic rings. The summed E-state index contributed by atoms with van der Waals surface area (Å²) in [7, 11) is 0. The van der Waals surface area contributed by atoms with Crippen molar-refractivity contribution in [2.75, 3.05) is 51.3 Å². The highest BCUT2D eigenvalue weighted by atomic mass is 16.5. The summed E-state index contributed by atoms with van der Waals surface area (Å²) in [6, 6.07) is 8.20. The lowest BCUT2D eigenvalue weighted by Crippen LogP contribution is -2.43. The van der Waals surface area contributed by atoms with Gasteiger partial charge in [-0.3, -0.25) is 14.5 Å². The van der Waals surface area contributed by atoms with Crippen LogP contribution in [0.1, 0.15) is 26.2 Å². The minimum Gasteiger partial charge on any atom is -0.379 e. The van der Waals surface area contributed by atoms with Crippen molar-refractivity contribution in [2.45, 2.75) is 32.7 Å². The van der Waals surface area contributed by atoms with Crippen molar-refractivity contribution >= 4 is 28.4 Å². The highest BCUT2D eigenvalue weighted by molar-refractivity contribution is 5.95. The fourth-order valence-electron chi connectivity index (χ4n) is 4.43.